The van der Waals surface area contributed by atoms with Gasteiger partial charge < -0.3 is 15.4 Å². The Morgan fingerprint density at radius 1 is 1.14 bits per heavy atom. The highest BCUT2D eigenvalue weighted by atomic mass is 127. The van der Waals surface area contributed by atoms with Crippen molar-refractivity contribution >= 4 is 41.7 Å². The van der Waals surface area contributed by atoms with E-state index < -0.39 is 0 Å². The Labute approximate surface area is 190 Å². The van der Waals surface area contributed by atoms with Gasteiger partial charge in [0.25, 0.3) is 0 Å². The zero-order valence-corrected chi connectivity index (χ0v) is 20.2. The lowest BCUT2D eigenvalue weighted by molar-refractivity contribution is 0.290. The van der Waals surface area contributed by atoms with Gasteiger partial charge >= 0.3 is 0 Å². The summed E-state index contributed by atoms with van der Waals surface area (Å²) in [5.74, 6) is 1.43. The number of pyridine rings is 1. The molecule has 0 fully saturated rings. The van der Waals surface area contributed by atoms with Gasteiger partial charge in [0.05, 0.1) is 6.54 Å². The lowest BCUT2D eigenvalue weighted by Crippen LogP contribution is -2.43. The van der Waals surface area contributed by atoms with E-state index in [0.717, 1.165) is 30.2 Å². The summed E-state index contributed by atoms with van der Waals surface area (Å²) in [7, 11) is 0. The van der Waals surface area contributed by atoms with E-state index in [0.29, 0.717) is 19.0 Å². The van der Waals surface area contributed by atoms with Gasteiger partial charge in [0, 0.05) is 29.6 Å². The molecule has 0 aliphatic carbocycles. The quantitative estimate of drug-likeness (QED) is 0.294. The monoisotopic (exact) mass is 514 g/mol. The highest BCUT2D eigenvalue weighted by molar-refractivity contribution is 14.0. The van der Waals surface area contributed by atoms with Crippen LogP contribution in [0, 0.1) is 0 Å². The minimum absolute atomic E-state index is 0. The van der Waals surface area contributed by atoms with E-state index in [1.807, 2.05) is 54.2 Å². The number of ether oxygens (including phenoxy) is 1. The molecule has 0 bridgehead atoms. The van der Waals surface area contributed by atoms with Crippen LogP contribution >= 0.6 is 35.7 Å². The highest BCUT2D eigenvalue weighted by Crippen LogP contribution is 2.20. The zero-order chi connectivity index (χ0) is 19.5. The molecular weight excluding hydrogens is 483 g/mol. The SMILES string of the molecule is CCNC(=NCc1cccnc1OCc1ccccc1)NCC(C)(C)SC.I. The number of halogens is 1. The third kappa shape index (κ3) is 8.68. The maximum atomic E-state index is 5.92. The Kier molecular flexibility index (Phi) is 11.3. The van der Waals surface area contributed by atoms with Gasteiger partial charge in [-0.2, -0.15) is 11.8 Å². The molecule has 0 radical (unpaired) electrons. The summed E-state index contributed by atoms with van der Waals surface area (Å²) in [4.78, 5) is 9.08. The molecule has 0 spiro atoms. The van der Waals surface area contributed by atoms with Crippen LogP contribution in [-0.2, 0) is 13.2 Å². The molecule has 0 saturated heterocycles. The summed E-state index contributed by atoms with van der Waals surface area (Å²) >= 11 is 1.83. The van der Waals surface area contributed by atoms with Crippen LogP contribution < -0.4 is 15.4 Å². The fourth-order valence-electron chi connectivity index (χ4n) is 2.28. The van der Waals surface area contributed by atoms with Crippen LogP contribution in [0.5, 0.6) is 5.88 Å². The van der Waals surface area contributed by atoms with Crippen molar-refractivity contribution in [1.82, 2.24) is 15.6 Å². The van der Waals surface area contributed by atoms with Gasteiger partial charge in [-0.05, 0) is 38.7 Å². The normalized spacial score (nSPS) is 11.5. The number of hydrogen-bond donors (Lipinski definition) is 2. The molecule has 2 N–H and O–H groups in total. The summed E-state index contributed by atoms with van der Waals surface area (Å²) < 4.78 is 6.07. The fourth-order valence-corrected chi connectivity index (χ4v) is 2.49. The molecule has 0 unspecified atom stereocenters. The van der Waals surface area contributed by atoms with E-state index in [1.54, 1.807) is 6.20 Å². The van der Waals surface area contributed by atoms with Gasteiger partial charge in [0.15, 0.2) is 5.96 Å². The van der Waals surface area contributed by atoms with Crippen LogP contribution in [-0.4, -0.2) is 35.0 Å². The maximum Gasteiger partial charge on any atom is 0.218 e. The molecule has 0 aliphatic rings. The minimum Gasteiger partial charge on any atom is -0.473 e. The number of benzene rings is 1. The van der Waals surface area contributed by atoms with Crippen molar-refractivity contribution in [2.45, 2.75) is 38.7 Å². The summed E-state index contributed by atoms with van der Waals surface area (Å²) in [5.41, 5.74) is 2.08. The number of aromatic nitrogens is 1. The number of hydrogen-bond acceptors (Lipinski definition) is 4. The number of aliphatic imine (C=N–C) groups is 1. The largest absolute Gasteiger partial charge is 0.473 e. The van der Waals surface area contributed by atoms with Gasteiger partial charge in [-0.25, -0.2) is 9.98 Å². The van der Waals surface area contributed by atoms with Crippen molar-refractivity contribution in [2.24, 2.45) is 4.99 Å². The van der Waals surface area contributed by atoms with Gasteiger partial charge in [-0.1, -0.05) is 36.4 Å². The van der Waals surface area contributed by atoms with E-state index in [-0.39, 0.29) is 28.7 Å². The molecule has 1 heterocycles. The standard InChI is InChI=1S/C21H30N4OS.HI/c1-5-22-20(25-16-21(2,3)27-4)24-14-18-12-9-13-23-19(18)26-15-17-10-7-6-8-11-17;/h6-13H,5,14-16H2,1-4H3,(H2,22,24,25);1H. The first-order chi connectivity index (χ1) is 13.0. The summed E-state index contributed by atoms with van der Waals surface area (Å²) in [6.07, 6.45) is 3.87. The average Bonchev–Trinajstić information content (AvgIpc) is 2.70. The van der Waals surface area contributed by atoms with Gasteiger partial charge in [-0.3, -0.25) is 0 Å². The van der Waals surface area contributed by atoms with Crippen molar-refractivity contribution < 1.29 is 4.74 Å². The van der Waals surface area contributed by atoms with Gasteiger partial charge in [0.2, 0.25) is 5.88 Å². The average molecular weight is 514 g/mol. The zero-order valence-electron chi connectivity index (χ0n) is 17.1. The minimum atomic E-state index is 0. The smallest absolute Gasteiger partial charge is 0.218 e. The molecule has 1 aromatic carbocycles. The third-order valence-electron chi connectivity index (χ3n) is 4.05. The van der Waals surface area contributed by atoms with E-state index in [9.17, 15) is 0 Å². The third-order valence-corrected chi connectivity index (χ3v) is 5.30. The van der Waals surface area contributed by atoms with Gasteiger partial charge in [0.1, 0.15) is 6.61 Å². The first-order valence-electron chi connectivity index (χ1n) is 9.22. The molecule has 0 aliphatic heterocycles. The maximum absolute atomic E-state index is 5.92. The van der Waals surface area contributed by atoms with E-state index in [2.05, 4.69) is 42.6 Å². The highest BCUT2D eigenvalue weighted by Gasteiger charge is 2.16. The summed E-state index contributed by atoms with van der Waals surface area (Å²) in [6, 6.07) is 14.0. The van der Waals surface area contributed by atoms with E-state index in [1.165, 1.54) is 0 Å². The van der Waals surface area contributed by atoms with Crippen LogP contribution in [0.1, 0.15) is 31.9 Å². The van der Waals surface area contributed by atoms with Crippen molar-refractivity contribution in [3.8, 4) is 5.88 Å². The van der Waals surface area contributed by atoms with Crippen molar-refractivity contribution in [2.75, 3.05) is 19.3 Å². The van der Waals surface area contributed by atoms with E-state index >= 15 is 0 Å². The van der Waals surface area contributed by atoms with Crippen LogP contribution in [0.3, 0.4) is 0 Å². The molecule has 28 heavy (non-hydrogen) atoms. The Morgan fingerprint density at radius 3 is 2.57 bits per heavy atom. The van der Waals surface area contributed by atoms with Crippen molar-refractivity contribution in [3.05, 3.63) is 59.8 Å². The Hall–Kier alpha value is -1.48. The van der Waals surface area contributed by atoms with Crippen molar-refractivity contribution in [3.63, 3.8) is 0 Å². The van der Waals surface area contributed by atoms with Crippen molar-refractivity contribution in [1.29, 1.82) is 0 Å². The molecule has 2 rings (SSSR count). The molecule has 0 saturated carbocycles. The molecule has 0 amide bonds. The summed E-state index contributed by atoms with van der Waals surface area (Å²) in [6.45, 7) is 9.15. The Bertz CT molecular complexity index is 725. The number of rotatable bonds is 9. The molecule has 5 nitrogen and oxygen atoms in total. The Balaban J connectivity index is 0.00000392. The molecule has 7 heteroatoms. The molecule has 2 aromatic rings. The second kappa shape index (κ2) is 12.9. The number of nitrogens with zero attached hydrogens (tertiary/aromatic N) is 2. The topological polar surface area (TPSA) is 58.5 Å². The molecular formula is C21H31IN4OS. The number of thioether (sulfide) groups is 1. The lowest BCUT2D eigenvalue weighted by atomic mass is 10.2. The van der Waals surface area contributed by atoms with Crippen LogP contribution in [0.15, 0.2) is 53.7 Å². The predicted molar refractivity (Wildman–Crippen MR) is 131 cm³/mol. The summed E-state index contributed by atoms with van der Waals surface area (Å²) in [5, 5.41) is 6.71. The first kappa shape index (κ1) is 24.6. The molecule has 154 valence electrons. The van der Waals surface area contributed by atoms with Crippen LogP contribution in [0.4, 0.5) is 0 Å². The first-order valence-corrected chi connectivity index (χ1v) is 10.4. The van der Waals surface area contributed by atoms with E-state index in [4.69, 9.17) is 9.73 Å². The second-order valence-electron chi connectivity index (χ2n) is 6.75. The Morgan fingerprint density at radius 2 is 1.89 bits per heavy atom. The molecule has 1 aromatic heterocycles. The van der Waals surface area contributed by atoms with Crippen LogP contribution in [0.25, 0.3) is 0 Å². The van der Waals surface area contributed by atoms with Gasteiger partial charge in [-0.15, -0.1) is 24.0 Å². The number of nitrogens with one attached hydrogen (secondary N) is 2. The fraction of sp³-hybridized carbons (Fsp3) is 0.429. The lowest BCUT2D eigenvalue weighted by Gasteiger charge is -2.23. The predicted octanol–water partition coefficient (Wildman–Crippen LogP) is 4.48. The molecule has 0 atom stereocenters. The number of guanidine groups is 1. The second-order valence-corrected chi connectivity index (χ2v) is 8.27. The van der Waals surface area contributed by atoms with Crippen LogP contribution in [0.2, 0.25) is 0 Å².